The first-order valence-corrected chi connectivity index (χ1v) is 8.61. The van der Waals surface area contributed by atoms with Gasteiger partial charge in [0.05, 0.1) is 0 Å². The molecule has 1 aromatic carbocycles. The van der Waals surface area contributed by atoms with E-state index in [1.54, 1.807) is 12.1 Å². The summed E-state index contributed by atoms with van der Waals surface area (Å²) in [5.41, 5.74) is -3.09. The van der Waals surface area contributed by atoms with Gasteiger partial charge in [0.1, 0.15) is 0 Å². The summed E-state index contributed by atoms with van der Waals surface area (Å²) in [4.78, 5) is 2.70. The van der Waals surface area contributed by atoms with Gasteiger partial charge in [0.2, 0.25) is 0 Å². The van der Waals surface area contributed by atoms with Crippen molar-refractivity contribution in [3.8, 4) is 0 Å². The highest BCUT2D eigenvalue weighted by Gasteiger charge is 2.29. The van der Waals surface area contributed by atoms with Crippen LogP contribution in [0.2, 0.25) is 0 Å². The second-order valence-corrected chi connectivity index (χ2v) is 6.70. The van der Waals surface area contributed by atoms with Crippen molar-refractivity contribution in [1.29, 1.82) is 0 Å². The molecule has 7 heteroatoms. The van der Waals surface area contributed by atoms with Gasteiger partial charge < -0.3 is 5.32 Å². The predicted molar refractivity (Wildman–Crippen MR) is 92.3 cm³/mol. The third-order valence-electron chi connectivity index (χ3n) is 3.92. The van der Waals surface area contributed by atoms with Crippen LogP contribution >= 0.6 is 24.2 Å². The Kier molecular flexibility index (Phi) is 8.75. The van der Waals surface area contributed by atoms with Crippen LogP contribution in [0.5, 0.6) is 0 Å². The minimum atomic E-state index is -4.22. The van der Waals surface area contributed by atoms with E-state index in [-0.39, 0.29) is 29.1 Å². The van der Waals surface area contributed by atoms with E-state index in [1.807, 2.05) is 12.1 Å². The van der Waals surface area contributed by atoms with Crippen molar-refractivity contribution in [2.75, 3.05) is 26.2 Å². The molecule has 0 radical (unpaired) electrons. The van der Waals surface area contributed by atoms with Crippen LogP contribution in [0.25, 0.3) is 0 Å². The molecule has 0 unspecified atom stereocenters. The van der Waals surface area contributed by atoms with Gasteiger partial charge in [-0.25, -0.2) is 0 Å². The molecule has 1 N–H and O–H groups in total. The number of alkyl halides is 3. The largest absolute Gasteiger partial charge is 0.446 e. The topological polar surface area (TPSA) is 15.3 Å². The Labute approximate surface area is 146 Å². The zero-order chi connectivity index (χ0) is 16.0. The molecule has 2 nitrogen and oxygen atoms in total. The highest BCUT2D eigenvalue weighted by Crippen LogP contribution is 2.37. The molecular weight excluding hydrogens is 345 g/mol. The Morgan fingerprint density at radius 3 is 2.30 bits per heavy atom. The second-order valence-electron chi connectivity index (χ2n) is 5.56. The number of hydrogen-bond acceptors (Lipinski definition) is 3. The van der Waals surface area contributed by atoms with Crippen LogP contribution in [0, 0.1) is 0 Å². The van der Waals surface area contributed by atoms with Crippen LogP contribution < -0.4 is 5.32 Å². The van der Waals surface area contributed by atoms with Crippen molar-refractivity contribution in [3.63, 3.8) is 0 Å². The van der Waals surface area contributed by atoms with Gasteiger partial charge in [-0.05, 0) is 35.9 Å². The van der Waals surface area contributed by atoms with E-state index in [0.717, 1.165) is 51.0 Å². The van der Waals surface area contributed by atoms with Gasteiger partial charge in [-0.15, -0.1) is 12.4 Å². The maximum atomic E-state index is 12.4. The first-order chi connectivity index (χ1) is 10.5. The zero-order valence-electron chi connectivity index (χ0n) is 13.2. The molecule has 1 heterocycles. The Balaban J connectivity index is 0.00000264. The first kappa shape index (κ1) is 20.6. The molecule has 1 aromatic rings. The van der Waals surface area contributed by atoms with Crippen molar-refractivity contribution in [2.24, 2.45) is 0 Å². The summed E-state index contributed by atoms with van der Waals surface area (Å²) < 4.78 is 37.2. The maximum absolute atomic E-state index is 12.4. The fourth-order valence-electron chi connectivity index (χ4n) is 2.84. The van der Waals surface area contributed by atoms with Crippen molar-refractivity contribution in [2.45, 2.75) is 42.6 Å². The van der Waals surface area contributed by atoms with Crippen LogP contribution in [0.1, 0.15) is 37.8 Å². The lowest BCUT2D eigenvalue weighted by molar-refractivity contribution is -0.0328. The lowest BCUT2D eigenvalue weighted by atomic mass is 9.99. The van der Waals surface area contributed by atoms with Crippen LogP contribution in [0.15, 0.2) is 29.2 Å². The number of piperazine rings is 1. The van der Waals surface area contributed by atoms with Gasteiger partial charge in [0, 0.05) is 37.1 Å². The van der Waals surface area contributed by atoms with Crippen LogP contribution in [0.3, 0.4) is 0 Å². The minimum Gasteiger partial charge on any atom is -0.314 e. The molecule has 1 atom stereocenters. The number of rotatable bonds is 6. The average Bonchev–Trinajstić information content (AvgIpc) is 2.49. The minimum absolute atomic E-state index is 0. The normalized spacial score (nSPS) is 17.6. The standard InChI is InChI=1S/C16H23F3N2S.ClH/c1-2-3-4-15(21-11-9-20-10-12-21)13-5-7-14(8-6-13)22-16(17,18)19;/h5-8,15,20H,2-4,9-12H2,1H3;1H/t15-;/m1./s1. The highest BCUT2D eigenvalue weighted by molar-refractivity contribution is 8.00. The number of hydrogen-bond donors (Lipinski definition) is 1. The first-order valence-electron chi connectivity index (χ1n) is 7.80. The SMILES string of the molecule is CCCC[C@H](c1ccc(SC(F)(F)F)cc1)N1CCNCC1.Cl. The molecule has 0 aromatic heterocycles. The molecule has 1 fully saturated rings. The number of thioether (sulfide) groups is 1. The maximum Gasteiger partial charge on any atom is 0.446 e. The van der Waals surface area contributed by atoms with Gasteiger partial charge in [0.25, 0.3) is 0 Å². The van der Waals surface area contributed by atoms with Gasteiger partial charge in [0.15, 0.2) is 0 Å². The van der Waals surface area contributed by atoms with Crippen molar-refractivity contribution in [3.05, 3.63) is 29.8 Å². The van der Waals surface area contributed by atoms with Gasteiger partial charge in [-0.3, -0.25) is 4.90 Å². The summed E-state index contributed by atoms with van der Waals surface area (Å²) >= 11 is -0.0490. The number of nitrogens with one attached hydrogen (secondary N) is 1. The lowest BCUT2D eigenvalue weighted by Crippen LogP contribution is -2.45. The molecule has 132 valence electrons. The number of halogens is 4. The summed E-state index contributed by atoms with van der Waals surface area (Å²) in [7, 11) is 0. The molecule has 0 amide bonds. The van der Waals surface area contributed by atoms with E-state index in [9.17, 15) is 13.2 Å². The number of benzene rings is 1. The van der Waals surface area contributed by atoms with E-state index >= 15 is 0 Å². The quantitative estimate of drug-likeness (QED) is 0.722. The lowest BCUT2D eigenvalue weighted by Gasteiger charge is -2.35. The van der Waals surface area contributed by atoms with E-state index in [2.05, 4.69) is 17.1 Å². The molecule has 0 spiro atoms. The van der Waals surface area contributed by atoms with E-state index < -0.39 is 5.51 Å². The van der Waals surface area contributed by atoms with Crippen molar-refractivity contribution >= 4 is 24.2 Å². The average molecular weight is 369 g/mol. The van der Waals surface area contributed by atoms with E-state index in [1.165, 1.54) is 0 Å². The molecule has 0 saturated carbocycles. The predicted octanol–water partition coefficient (Wildman–Crippen LogP) is 4.86. The van der Waals surface area contributed by atoms with Crippen LogP contribution in [-0.4, -0.2) is 36.6 Å². The third-order valence-corrected chi connectivity index (χ3v) is 4.66. The molecule has 23 heavy (non-hydrogen) atoms. The summed E-state index contributed by atoms with van der Waals surface area (Å²) in [5, 5.41) is 3.34. The Bertz CT molecular complexity index is 448. The van der Waals surface area contributed by atoms with Gasteiger partial charge in [-0.1, -0.05) is 31.9 Å². The van der Waals surface area contributed by atoms with Crippen LogP contribution in [0.4, 0.5) is 13.2 Å². The second kappa shape index (κ2) is 9.77. The third kappa shape index (κ3) is 6.91. The Morgan fingerprint density at radius 2 is 1.78 bits per heavy atom. The molecule has 0 aliphatic carbocycles. The molecule has 1 aliphatic heterocycles. The molecule has 1 saturated heterocycles. The van der Waals surface area contributed by atoms with E-state index in [0.29, 0.717) is 6.04 Å². The van der Waals surface area contributed by atoms with Gasteiger partial charge >= 0.3 is 5.51 Å². The molecule has 2 rings (SSSR count). The number of unbranched alkanes of at least 4 members (excludes halogenated alkanes) is 1. The zero-order valence-corrected chi connectivity index (χ0v) is 14.9. The Hall–Kier alpha value is -0.430. The summed E-state index contributed by atoms with van der Waals surface area (Å²) in [5.74, 6) is 0. The highest BCUT2D eigenvalue weighted by atomic mass is 35.5. The monoisotopic (exact) mass is 368 g/mol. The van der Waals surface area contributed by atoms with E-state index in [4.69, 9.17) is 0 Å². The molecule has 0 bridgehead atoms. The van der Waals surface area contributed by atoms with Crippen LogP contribution in [-0.2, 0) is 0 Å². The molecule has 1 aliphatic rings. The van der Waals surface area contributed by atoms with Crippen molar-refractivity contribution in [1.82, 2.24) is 10.2 Å². The molecular formula is C16H24ClF3N2S. The Morgan fingerprint density at radius 1 is 1.17 bits per heavy atom. The summed E-state index contributed by atoms with van der Waals surface area (Å²) in [6.07, 6.45) is 3.32. The fraction of sp³-hybridized carbons (Fsp3) is 0.625. The smallest absolute Gasteiger partial charge is 0.314 e. The van der Waals surface area contributed by atoms with Gasteiger partial charge in [-0.2, -0.15) is 13.2 Å². The number of nitrogens with zero attached hydrogens (tertiary/aromatic N) is 1. The van der Waals surface area contributed by atoms with Crippen molar-refractivity contribution < 1.29 is 13.2 Å². The fourth-order valence-corrected chi connectivity index (χ4v) is 3.38. The summed E-state index contributed by atoms with van der Waals surface area (Å²) in [6, 6.07) is 7.21. The summed E-state index contributed by atoms with van der Waals surface area (Å²) in [6.45, 7) is 6.11.